The van der Waals surface area contributed by atoms with Crippen LogP contribution in [0.1, 0.15) is 13.8 Å². The number of amides is 4. The van der Waals surface area contributed by atoms with Gasteiger partial charge in [0.1, 0.15) is 0 Å². The summed E-state index contributed by atoms with van der Waals surface area (Å²) in [5, 5.41) is 5.18. The lowest BCUT2D eigenvalue weighted by atomic mass is 9.72. The minimum Gasteiger partial charge on any atom is -0.331 e. The van der Waals surface area contributed by atoms with Gasteiger partial charge in [-0.05, 0) is 12.8 Å². The largest absolute Gasteiger partial charge is 0.331 e. The van der Waals surface area contributed by atoms with Crippen LogP contribution < -0.4 is 10.6 Å². The Kier molecular flexibility index (Phi) is 3.34. The fraction of sp³-hybridized carbons (Fsp3) is 0.615. The Balaban J connectivity index is 2.31. The molecule has 0 unspecified atom stereocenters. The van der Waals surface area contributed by atoms with Crippen LogP contribution in [-0.2, 0) is 9.59 Å². The highest BCUT2D eigenvalue weighted by molar-refractivity contribution is 6.06. The number of nitrogens with zero attached hydrogens (tertiary/aromatic N) is 1. The molecule has 0 bridgehead atoms. The van der Waals surface area contributed by atoms with Crippen molar-refractivity contribution < 1.29 is 14.4 Å². The maximum absolute atomic E-state index is 11.9. The van der Waals surface area contributed by atoms with Crippen molar-refractivity contribution in [2.45, 2.75) is 19.9 Å². The predicted octanol–water partition coefficient (Wildman–Crippen LogP) is 0.111. The van der Waals surface area contributed by atoms with E-state index >= 15 is 0 Å². The molecule has 6 nitrogen and oxygen atoms in total. The second-order valence-corrected chi connectivity index (χ2v) is 5.50. The molecule has 6 heteroatoms. The minimum absolute atomic E-state index is 0.00366. The second kappa shape index (κ2) is 4.68. The average molecular weight is 265 g/mol. The lowest BCUT2D eigenvalue weighted by Crippen LogP contribution is -2.51. The quantitative estimate of drug-likeness (QED) is 0.522. The van der Waals surface area contributed by atoms with E-state index in [9.17, 15) is 14.4 Å². The molecule has 1 aliphatic heterocycles. The van der Waals surface area contributed by atoms with Crippen LogP contribution in [0.4, 0.5) is 4.79 Å². The zero-order chi connectivity index (χ0) is 14.3. The molecule has 1 heterocycles. The molecule has 0 aromatic rings. The Bertz CT molecular complexity index is 470. The van der Waals surface area contributed by atoms with Gasteiger partial charge in [0.15, 0.2) is 0 Å². The average Bonchev–Trinajstić information content (AvgIpc) is 2.59. The van der Waals surface area contributed by atoms with Gasteiger partial charge in [0.2, 0.25) is 11.8 Å². The summed E-state index contributed by atoms with van der Waals surface area (Å²) in [5.74, 6) is -1.42. The zero-order valence-electron chi connectivity index (χ0n) is 11.6. The van der Waals surface area contributed by atoms with Crippen molar-refractivity contribution in [2.24, 2.45) is 17.8 Å². The normalized spacial score (nSPS) is 33.4. The molecule has 0 aromatic carbocycles. The Morgan fingerprint density at radius 3 is 2.42 bits per heavy atom. The number of allylic oxidation sites excluding steroid dienone is 1. The Morgan fingerprint density at radius 1 is 1.26 bits per heavy atom. The van der Waals surface area contributed by atoms with Gasteiger partial charge in [0.25, 0.3) is 0 Å². The van der Waals surface area contributed by atoms with Crippen molar-refractivity contribution in [3.8, 4) is 0 Å². The van der Waals surface area contributed by atoms with E-state index in [4.69, 9.17) is 0 Å². The van der Waals surface area contributed by atoms with Gasteiger partial charge < -0.3 is 10.2 Å². The molecule has 0 saturated carbocycles. The Labute approximate surface area is 112 Å². The molecule has 1 fully saturated rings. The van der Waals surface area contributed by atoms with E-state index in [2.05, 4.69) is 10.6 Å². The molecule has 0 radical (unpaired) electrons. The molecule has 2 rings (SSSR count). The van der Waals surface area contributed by atoms with Crippen LogP contribution in [0, 0.1) is 17.8 Å². The van der Waals surface area contributed by atoms with Gasteiger partial charge in [-0.15, -0.1) is 0 Å². The molecule has 4 amide bonds. The molecule has 2 N–H and O–H groups in total. The Morgan fingerprint density at radius 2 is 1.84 bits per heavy atom. The molecule has 19 heavy (non-hydrogen) atoms. The van der Waals surface area contributed by atoms with Crippen molar-refractivity contribution in [1.82, 2.24) is 15.5 Å². The van der Waals surface area contributed by atoms with Gasteiger partial charge in [0.05, 0.1) is 17.9 Å². The molecule has 0 aromatic heterocycles. The third-order valence-corrected chi connectivity index (χ3v) is 3.87. The third kappa shape index (κ3) is 2.22. The van der Waals surface area contributed by atoms with E-state index in [1.807, 2.05) is 19.9 Å². The topological polar surface area (TPSA) is 78.5 Å². The zero-order valence-corrected chi connectivity index (χ0v) is 11.6. The van der Waals surface area contributed by atoms with Crippen LogP contribution in [0.25, 0.3) is 0 Å². The van der Waals surface area contributed by atoms with Crippen LogP contribution in [0.15, 0.2) is 11.6 Å². The van der Waals surface area contributed by atoms with Gasteiger partial charge in [-0.3, -0.25) is 14.9 Å². The number of rotatable bonds is 1. The molecular formula is C13H19N3O3. The first-order chi connectivity index (χ1) is 8.82. The molecule has 2 aliphatic rings. The van der Waals surface area contributed by atoms with Gasteiger partial charge >= 0.3 is 6.03 Å². The first-order valence-electron chi connectivity index (χ1n) is 6.33. The van der Waals surface area contributed by atoms with E-state index in [1.165, 1.54) is 4.90 Å². The van der Waals surface area contributed by atoms with E-state index in [-0.39, 0.29) is 29.7 Å². The lowest BCUT2D eigenvalue weighted by molar-refractivity contribution is -0.126. The van der Waals surface area contributed by atoms with Gasteiger partial charge in [-0.25, -0.2) is 4.79 Å². The smallest absolute Gasteiger partial charge is 0.317 e. The monoisotopic (exact) mass is 265 g/mol. The number of fused-ring (bicyclic) bond motifs is 1. The summed E-state index contributed by atoms with van der Waals surface area (Å²) in [6.07, 6.45) is 1.96. The summed E-state index contributed by atoms with van der Waals surface area (Å²) >= 11 is 0. The molecule has 1 aliphatic carbocycles. The molecular weight excluding hydrogens is 246 g/mol. The van der Waals surface area contributed by atoms with E-state index in [0.717, 1.165) is 5.57 Å². The van der Waals surface area contributed by atoms with Crippen molar-refractivity contribution >= 4 is 17.8 Å². The van der Waals surface area contributed by atoms with Crippen molar-refractivity contribution in [2.75, 3.05) is 14.1 Å². The number of carbonyl (C=O) groups is 3. The highest BCUT2D eigenvalue weighted by Crippen LogP contribution is 2.37. The van der Waals surface area contributed by atoms with E-state index in [0.29, 0.717) is 0 Å². The maximum atomic E-state index is 11.9. The van der Waals surface area contributed by atoms with Crippen LogP contribution >= 0.6 is 0 Å². The summed E-state index contributed by atoms with van der Waals surface area (Å²) in [6, 6.07) is -0.680. The van der Waals surface area contributed by atoms with Gasteiger partial charge in [-0.2, -0.15) is 0 Å². The second-order valence-electron chi connectivity index (χ2n) is 5.50. The fourth-order valence-electron chi connectivity index (χ4n) is 2.91. The summed E-state index contributed by atoms with van der Waals surface area (Å²) in [4.78, 5) is 37.0. The maximum Gasteiger partial charge on any atom is 0.317 e. The number of imide groups is 1. The standard InChI is InChI=1S/C13H19N3O3/c1-6-5-7(2)10(14-13(19)16(3)4)9-8(6)11(17)15-12(9)18/h5-6,8-10H,1-4H3,(H,14,19)(H,15,17,18)/t6-,8-,9-,10+/m0/s1. The van der Waals surface area contributed by atoms with Crippen molar-refractivity contribution in [3.05, 3.63) is 11.6 Å². The third-order valence-electron chi connectivity index (χ3n) is 3.87. The van der Waals surface area contributed by atoms with Crippen LogP contribution in [0.2, 0.25) is 0 Å². The number of hydrogen-bond donors (Lipinski definition) is 2. The summed E-state index contributed by atoms with van der Waals surface area (Å²) in [5.41, 5.74) is 0.925. The van der Waals surface area contributed by atoms with Crippen LogP contribution in [-0.4, -0.2) is 42.9 Å². The first kappa shape index (κ1) is 13.6. The van der Waals surface area contributed by atoms with Crippen molar-refractivity contribution in [1.29, 1.82) is 0 Å². The summed E-state index contributed by atoms with van der Waals surface area (Å²) in [7, 11) is 3.27. The van der Waals surface area contributed by atoms with E-state index < -0.39 is 12.0 Å². The molecule has 104 valence electrons. The number of hydrogen-bond acceptors (Lipinski definition) is 3. The highest BCUT2D eigenvalue weighted by atomic mass is 16.2. The fourth-order valence-corrected chi connectivity index (χ4v) is 2.91. The number of urea groups is 1. The molecule has 1 saturated heterocycles. The number of carbonyl (C=O) groups excluding carboxylic acids is 3. The summed E-state index contributed by atoms with van der Waals surface area (Å²) in [6.45, 7) is 3.80. The first-order valence-corrected chi connectivity index (χ1v) is 6.33. The van der Waals surface area contributed by atoms with Crippen LogP contribution in [0.3, 0.4) is 0 Å². The minimum atomic E-state index is -0.503. The lowest BCUT2D eigenvalue weighted by Gasteiger charge is -2.34. The van der Waals surface area contributed by atoms with Crippen LogP contribution in [0.5, 0.6) is 0 Å². The molecule has 4 atom stereocenters. The van der Waals surface area contributed by atoms with E-state index in [1.54, 1.807) is 14.1 Å². The number of nitrogens with one attached hydrogen (secondary N) is 2. The Hall–Kier alpha value is -1.85. The van der Waals surface area contributed by atoms with Gasteiger partial charge in [0, 0.05) is 14.1 Å². The SMILES string of the molecule is CC1=C[C@H](C)[C@@H]2C(=O)NC(=O)[C@@H]2[C@@H]1NC(=O)N(C)C. The summed E-state index contributed by atoms with van der Waals surface area (Å²) < 4.78 is 0. The van der Waals surface area contributed by atoms with Gasteiger partial charge in [-0.1, -0.05) is 18.6 Å². The van der Waals surface area contributed by atoms with Crippen molar-refractivity contribution in [3.63, 3.8) is 0 Å². The predicted molar refractivity (Wildman–Crippen MR) is 69.1 cm³/mol. The molecule has 0 spiro atoms. The highest BCUT2D eigenvalue weighted by Gasteiger charge is 2.51.